The van der Waals surface area contributed by atoms with Gasteiger partial charge >= 0.3 is 0 Å². The van der Waals surface area contributed by atoms with Crippen molar-refractivity contribution in [3.8, 4) is 6.07 Å². The van der Waals surface area contributed by atoms with Crippen LogP contribution in [0.4, 0.5) is 11.6 Å². The molecule has 0 aliphatic heterocycles. The van der Waals surface area contributed by atoms with Crippen LogP contribution in [0.5, 0.6) is 0 Å². The van der Waals surface area contributed by atoms with Crippen molar-refractivity contribution in [1.29, 1.82) is 5.26 Å². The highest BCUT2D eigenvalue weighted by atomic mass is 35.5. The quantitative estimate of drug-likeness (QED) is 0.656. The zero-order chi connectivity index (χ0) is 12.7. The molecule has 0 unspecified atom stereocenters. The molecule has 0 saturated heterocycles. The third kappa shape index (κ3) is 4.72. The number of nitrogens with two attached hydrogens (primary N) is 2. The summed E-state index contributed by atoms with van der Waals surface area (Å²) < 4.78 is 0. The van der Waals surface area contributed by atoms with E-state index in [0.29, 0.717) is 22.5 Å². The molecule has 2 aromatic heterocycles. The second kappa shape index (κ2) is 6.19. The van der Waals surface area contributed by atoms with Gasteiger partial charge in [0.25, 0.3) is 0 Å². The fourth-order valence-electron chi connectivity index (χ4n) is 0.781. The molecule has 86 valence electrons. The van der Waals surface area contributed by atoms with Crippen LogP contribution in [0.25, 0.3) is 0 Å². The third-order valence-electron chi connectivity index (χ3n) is 1.46. The number of halogens is 1. The van der Waals surface area contributed by atoms with E-state index >= 15 is 0 Å². The minimum atomic E-state index is 0.294. The Hall–Kier alpha value is -2.46. The van der Waals surface area contributed by atoms with Crippen molar-refractivity contribution in [2.75, 3.05) is 11.5 Å². The molecule has 0 radical (unpaired) electrons. The summed E-state index contributed by atoms with van der Waals surface area (Å²) in [6.45, 7) is 0. The van der Waals surface area contributed by atoms with Crippen molar-refractivity contribution < 1.29 is 0 Å². The van der Waals surface area contributed by atoms with Gasteiger partial charge in [0.05, 0.1) is 0 Å². The van der Waals surface area contributed by atoms with Crippen LogP contribution in [0.1, 0.15) is 5.69 Å². The molecule has 0 bridgehead atoms. The number of hydrogen-bond donors (Lipinski definition) is 2. The van der Waals surface area contributed by atoms with Gasteiger partial charge < -0.3 is 11.5 Å². The molecular formula is C9H8ClN7. The molecule has 0 aliphatic rings. The smallest absolute Gasteiger partial charge is 0.145 e. The minimum Gasteiger partial charge on any atom is -0.384 e. The van der Waals surface area contributed by atoms with Gasteiger partial charge in [-0.25, -0.2) is 19.9 Å². The van der Waals surface area contributed by atoms with Gasteiger partial charge in [0.1, 0.15) is 41.2 Å². The van der Waals surface area contributed by atoms with Crippen molar-refractivity contribution in [2.45, 2.75) is 0 Å². The van der Waals surface area contributed by atoms with Gasteiger partial charge in [-0.05, 0) is 0 Å². The monoisotopic (exact) mass is 249 g/mol. The van der Waals surface area contributed by atoms with E-state index in [1.807, 2.05) is 6.07 Å². The Balaban J connectivity index is 0.000000171. The van der Waals surface area contributed by atoms with E-state index in [0.717, 1.165) is 0 Å². The van der Waals surface area contributed by atoms with E-state index in [2.05, 4.69) is 19.9 Å². The Morgan fingerprint density at radius 3 is 1.94 bits per heavy atom. The van der Waals surface area contributed by atoms with Gasteiger partial charge in [-0.15, -0.1) is 0 Å². The number of anilines is 2. The van der Waals surface area contributed by atoms with Crippen molar-refractivity contribution in [3.63, 3.8) is 0 Å². The van der Waals surface area contributed by atoms with E-state index < -0.39 is 0 Å². The lowest BCUT2D eigenvalue weighted by Gasteiger charge is -1.87. The molecule has 0 spiro atoms. The summed E-state index contributed by atoms with van der Waals surface area (Å²) in [4.78, 5) is 14.4. The van der Waals surface area contributed by atoms with Crippen molar-refractivity contribution in [2.24, 2.45) is 0 Å². The number of hydrogen-bond acceptors (Lipinski definition) is 7. The molecule has 2 heterocycles. The first-order valence-electron chi connectivity index (χ1n) is 4.32. The molecule has 0 saturated carbocycles. The Bertz CT molecular complexity index is 520. The first-order valence-corrected chi connectivity index (χ1v) is 4.70. The van der Waals surface area contributed by atoms with Crippen LogP contribution in [0.15, 0.2) is 24.8 Å². The summed E-state index contributed by atoms with van der Waals surface area (Å²) in [5, 5.41) is 8.64. The Labute approximate surface area is 102 Å². The molecule has 4 N–H and O–H groups in total. The van der Waals surface area contributed by atoms with Crippen molar-refractivity contribution >= 4 is 23.2 Å². The fourth-order valence-corrected chi connectivity index (χ4v) is 0.936. The van der Waals surface area contributed by atoms with E-state index in [-0.39, 0.29) is 0 Å². The Kier molecular flexibility index (Phi) is 4.59. The molecule has 0 aromatic carbocycles. The molecule has 0 amide bonds. The SMILES string of the molecule is N#Cc1cc(N)ncn1.Nc1cc(Cl)ncn1. The van der Waals surface area contributed by atoms with Crippen molar-refractivity contribution in [3.05, 3.63) is 35.6 Å². The summed E-state index contributed by atoms with van der Waals surface area (Å²) in [5.74, 6) is 0.714. The molecule has 0 fully saturated rings. The molecule has 0 aliphatic carbocycles. The summed E-state index contributed by atoms with van der Waals surface area (Å²) in [7, 11) is 0. The normalized spacial score (nSPS) is 8.71. The summed E-state index contributed by atoms with van der Waals surface area (Å²) in [6, 6.07) is 4.74. The largest absolute Gasteiger partial charge is 0.384 e. The van der Waals surface area contributed by atoms with E-state index in [1.165, 1.54) is 24.8 Å². The second-order valence-corrected chi connectivity index (χ2v) is 3.09. The third-order valence-corrected chi connectivity index (χ3v) is 1.66. The van der Waals surface area contributed by atoms with Gasteiger partial charge in [0, 0.05) is 12.1 Å². The zero-order valence-corrected chi connectivity index (χ0v) is 9.33. The zero-order valence-electron chi connectivity index (χ0n) is 8.58. The van der Waals surface area contributed by atoms with E-state index in [1.54, 1.807) is 0 Å². The first kappa shape index (κ1) is 12.6. The van der Waals surface area contributed by atoms with Crippen LogP contribution in [0.2, 0.25) is 5.15 Å². The highest BCUT2D eigenvalue weighted by Crippen LogP contribution is 2.03. The number of rotatable bonds is 0. The molecular weight excluding hydrogens is 242 g/mol. The van der Waals surface area contributed by atoms with Gasteiger partial charge in [-0.1, -0.05) is 11.6 Å². The highest BCUT2D eigenvalue weighted by molar-refractivity contribution is 6.29. The van der Waals surface area contributed by atoms with Crippen LogP contribution < -0.4 is 11.5 Å². The topological polar surface area (TPSA) is 127 Å². The molecule has 7 nitrogen and oxygen atoms in total. The lowest BCUT2D eigenvalue weighted by atomic mass is 10.4. The van der Waals surface area contributed by atoms with E-state index in [4.69, 9.17) is 28.3 Å². The van der Waals surface area contributed by atoms with Crippen LogP contribution in [0.3, 0.4) is 0 Å². The lowest BCUT2D eigenvalue weighted by Crippen LogP contribution is -1.91. The summed E-state index contributed by atoms with van der Waals surface area (Å²) in [5.41, 5.74) is 10.7. The number of nitriles is 1. The van der Waals surface area contributed by atoms with Gasteiger partial charge in [0.2, 0.25) is 0 Å². The molecule has 8 heteroatoms. The van der Waals surface area contributed by atoms with Gasteiger partial charge in [0.15, 0.2) is 0 Å². The van der Waals surface area contributed by atoms with Crippen LogP contribution in [-0.4, -0.2) is 19.9 Å². The van der Waals surface area contributed by atoms with Gasteiger partial charge in [-0.3, -0.25) is 0 Å². The second-order valence-electron chi connectivity index (χ2n) is 2.71. The maximum absolute atomic E-state index is 8.27. The molecule has 0 atom stereocenters. The standard InChI is InChI=1S/C5H4N4.C4H4ClN3/c6-2-4-1-5(7)9-3-8-4;5-3-1-4(6)8-2-7-3/h1,3H,(H2,7,8,9);1-2H,(H2,6,7,8). The van der Waals surface area contributed by atoms with E-state index in [9.17, 15) is 0 Å². The van der Waals surface area contributed by atoms with Crippen LogP contribution in [-0.2, 0) is 0 Å². The van der Waals surface area contributed by atoms with Crippen LogP contribution in [0, 0.1) is 11.3 Å². The molecule has 2 aromatic rings. The average Bonchev–Trinajstić information content (AvgIpc) is 2.29. The van der Waals surface area contributed by atoms with Crippen molar-refractivity contribution in [1.82, 2.24) is 19.9 Å². The van der Waals surface area contributed by atoms with Crippen LogP contribution >= 0.6 is 11.6 Å². The number of nitrogen functional groups attached to an aromatic ring is 2. The maximum Gasteiger partial charge on any atom is 0.145 e. The first-order chi connectivity index (χ1) is 8.11. The predicted octanol–water partition coefficient (Wildman–Crippen LogP) is 0.643. The highest BCUT2D eigenvalue weighted by Gasteiger charge is 1.89. The molecule has 2 rings (SSSR count). The number of aromatic nitrogens is 4. The summed E-state index contributed by atoms with van der Waals surface area (Å²) >= 11 is 5.41. The fraction of sp³-hybridized carbons (Fsp3) is 0. The number of nitrogens with zero attached hydrogens (tertiary/aromatic N) is 5. The Morgan fingerprint density at radius 1 is 1.00 bits per heavy atom. The minimum absolute atomic E-state index is 0.294. The Morgan fingerprint density at radius 2 is 1.59 bits per heavy atom. The van der Waals surface area contributed by atoms with Gasteiger partial charge in [-0.2, -0.15) is 5.26 Å². The average molecular weight is 250 g/mol. The predicted molar refractivity (Wildman–Crippen MR) is 62.6 cm³/mol. The lowest BCUT2D eigenvalue weighted by molar-refractivity contribution is 1.15. The molecule has 17 heavy (non-hydrogen) atoms. The maximum atomic E-state index is 8.27. The summed E-state index contributed by atoms with van der Waals surface area (Å²) in [6.07, 6.45) is 2.57.